The lowest BCUT2D eigenvalue weighted by Gasteiger charge is -2.23. The lowest BCUT2D eigenvalue weighted by atomic mass is 10.1. The minimum atomic E-state index is -0.366. The Morgan fingerprint density at radius 2 is 1.86 bits per heavy atom. The largest absolute Gasteiger partial charge is 0.319 e. The Morgan fingerprint density at radius 1 is 1.07 bits per heavy atom. The van der Waals surface area contributed by atoms with Gasteiger partial charge < -0.3 is 5.32 Å². The van der Waals surface area contributed by atoms with E-state index in [0.29, 0.717) is 11.2 Å². The SMILES string of the molecule is O=C(Nc1cccc2cccnc12)C1=NN(Cc2ccc(F)cc2)C(=O)CC1. The number of amides is 2. The van der Waals surface area contributed by atoms with Gasteiger partial charge in [0.15, 0.2) is 0 Å². The third-order valence-corrected chi connectivity index (χ3v) is 4.49. The van der Waals surface area contributed by atoms with Crippen molar-refractivity contribution in [2.24, 2.45) is 5.10 Å². The summed E-state index contributed by atoms with van der Waals surface area (Å²) in [5.74, 6) is -0.886. The average Bonchev–Trinajstić information content (AvgIpc) is 2.71. The number of nitrogens with one attached hydrogen (secondary N) is 1. The molecule has 0 saturated carbocycles. The fourth-order valence-electron chi connectivity index (χ4n) is 3.05. The van der Waals surface area contributed by atoms with Crippen molar-refractivity contribution in [2.45, 2.75) is 19.4 Å². The Morgan fingerprint density at radius 3 is 2.68 bits per heavy atom. The van der Waals surface area contributed by atoms with Gasteiger partial charge in [0, 0.05) is 24.4 Å². The van der Waals surface area contributed by atoms with Crippen molar-refractivity contribution >= 4 is 34.1 Å². The van der Waals surface area contributed by atoms with E-state index in [9.17, 15) is 14.0 Å². The first-order chi connectivity index (χ1) is 13.6. The maximum atomic E-state index is 13.1. The number of nitrogens with zero attached hydrogens (tertiary/aromatic N) is 3. The molecule has 0 aliphatic carbocycles. The van der Waals surface area contributed by atoms with Gasteiger partial charge in [-0.1, -0.05) is 30.3 Å². The van der Waals surface area contributed by atoms with Crippen LogP contribution in [-0.4, -0.2) is 27.5 Å². The van der Waals surface area contributed by atoms with Crippen LogP contribution >= 0.6 is 0 Å². The van der Waals surface area contributed by atoms with Crippen molar-refractivity contribution in [1.29, 1.82) is 0 Å². The molecule has 0 radical (unpaired) electrons. The van der Waals surface area contributed by atoms with E-state index in [1.807, 2.05) is 24.3 Å². The van der Waals surface area contributed by atoms with Gasteiger partial charge in [0.05, 0.1) is 17.7 Å². The van der Waals surface area contributed by atoms with Gasteiger partial charge in [-0.05, 0) is 29.8 Å². The third-order valence-electron chi connectivity index (χ3n) is 4.49. The summed E-state index contributed by atoms with van der Waals surface area (Å²) in [5, 5.41) is 9.25. The summed E-state index contributed by atoms with van der Waals surface area (Å²) < 4.78 is 13.1. The first-order valence-electron chi connectivity index (χ1n) is 8.87. The molecule has 3 aromatic rings. The minimum absolute atomic E-state index is 0.173. The van der Waals surface area contributed by atoms with Crippen LogP contribution < -0.4 is 5.32 Å². The standard InChI is InChI=1S/C21H17FN4O2/c22-16-8-6-14(7-9-16)13-26-19(27)11-10-18(25-26)21(28)24-17-5-1-3-15-4-2-12-23-20(15)17/h1-9,12H,10-11,13H2,(H,24,28). The van der Waals surface area contributed by atoms with Gasteiger partial charge in [0.1, 0.15) is 11.5 Å². The van der Waals surface area contributed by atoms with E-state index in [0.717, 1.165) is 10.9 Å². The van der Waals surface area contributed by atoms with Crippen LogP contribution in [0, 0.1) is 5.82 Å². The van der Waals surface area contributed by atoms with Crippen molar-refractivity contribution in [2.75, 3.05) is 5.32 Å². The molecular formula is C21H17FN4O2. The van der Waals surface area contributed by atoms with Crippen LogP contribution in [0.3, 0.4) is 0 Å². The molecule has 1 N–H and O–H groups in total. The van der Waals surface area contributed by atoms with Crippen LogP contribution in [0.4, 0.5) is 10.1 Å². The molecule has 1 aromatic heterocycles. The van der Waals surface area contributed by atoms with E-state index in [-0.39, 0.29) is 42.7 Å². The average molecular weight is 376 g/mol. The number of pyridine rings is 1. The number of hydrazone groups is 1. The van der Waals surface area contributed by atoms with Crippen molar-refractivity contribution in [3.8, 4) is 0 Å². The van der Waals surface area contributed by atoms with E-state index in [2.05, 4.69) is 15.4 Å². The Kier molecular flexibility index (Phi) is 4.80. The Balaban J connectivity index is 1.54. The molecule has 0 spiro atoms. The molecular weight excluding hydrogens is 359 g/mol. The summed E-state index contributed by atoms with van der Waals surface area (Å²) in [6.07, 6.45) is 2.13. The van der Waals surface area contributed by atoms with E-state index in [1.54, 1.807) is 24.4 Å². The molecule has 1 aliphatic heterocycles. The highest BCUT2D eigenvalue weighted by atomic mass is 19.1. The zero-order chi connectivity index (χ0) is 19.5. The smallest absolute Gasteiger partial charge is 0.271 e. The molecule has 2 amide bonds. The number of benzene rings is 2. The van der Waals surface area contributed by atoms with Crippen LogP contribution in [0.2, 0.25) is 0 Å². The zero-order valence-corrected chi connectivity index (χ0v) is 14.9. The highest BCUT2D eigenvalue weighted by Gasteiger charge is 2.25. The fourth-order valence-corrected chi connectivity index (χ4v) is 3.05. The molecule has 0 saturated heterocycles. The molecule has 0 unspecified atom stereocenters. The number of fused-ring (bicyclic) bond motifs is 1. The summed E-state index contributed by atoms with van der Waals surface area (Å²) in [7, 11) is 0. The molecule has 2 heterocycles. The van der Waals surface area contributed by atoms with E-state index < -0.39 is 0 Å². The number of hydrogen-bond donors (Lipinski definition) is 1. The number of carbonyl (C=O) groups excluding carboxylic acids is 2. The number of hydrogen-bond acceptors (Lipinski definition) is 4. The van der Waals surface area contributed by atoms with Gasteiger partial charge in [-0.15, -0.1) is 0 Å². The van der Waals surface area contributed by atoms with Crippen molar-refractivity contribution in [1.82, 2.24) is 9.99 Å². The highest BCUT2D eigenvalue weighted by molar-refractivity contribution is 6.44. The van der Waals surface area contributed by atoms with Gasteiger partial charge in [0.2, 0.25) is 5.91 Å². The van der Waals surface area contributed by atoms with Crippen LogP contribution in [-0.2, 0) is 16.1 Å². The maximum Gasteiger partial charge on any atom is 0.271 e. The normalized spacial score (nSPS) is 14.1. The molecule has 0 bridgehead atoms. The second kappa shape index (κ2) is 7.56. The first-order valence-corrected chi connectivity index (χ1v) is 8.87. The topological polar surface area (TPSA) is 74.7 Å². The molecule has 6 nitrogen and oxygen atoms in total. The predicted octanol–water partition coefficient (Wildman–Crippen LogP) is 3.49. The fraction of sp³-hybridized carbons (Fsp3) is 0.143. The number of halogens is 1. The highest BCUT2D eigenvalue weighted by Crippen LogP contribution is 2.21. The van der Waals surface area contributed by atoms with Crippen LogP contribution in [0.1, 0.15) is 18.4 Å². The van der Waals surface area contributed by atoms with E-state index in [1.165, 1.54) is 17.1 Å². The lowest BCUT2D eigenvalue weighted by Crippen LogP contribution is -2.36. The summed E-state index contributed by atoms with van der Waals surface area (Å²) >= 11 is 0. The monoisotopic (exact) mass is 376 g/mol. The molecule has 2 aromatic carbocycles. The van der Waals surface area contributed by atoms with Crippen molar-refractivity contribution in [3.05, 3.63) is 72.2 Å². The number of para-hydroxylation sites is 1. The molecule has 140 valence electrons. The zero-order valence-electron chi connectivity index (χ0n) is 14.9. The molecule has 0 fully saturated rings. The Bertz CT molecular complexity index is 1070. The van der Waals surface area contributed by atoms with Gasteiger partial charge in [-0.25, -0.2) is 9.40 Å². The second-order valence-corrected chi connectivity index (χ2v) is 6.46. The minimum Gasteiger partial charge on any atom is -0.319 e. The van der Waals surface area contributed by atoms with Crippen molar-refractivity contribution in [3.63, 3.8) is 0 Å². The van der Waals surface area contributed by atoms with Gasteiger partial charge >= 0.3 is 0 Å². The van der Waals surface area contributed by atoms with Gasteiger partial charge in [-0.2, -0.15) is 5.10 Å². The van der Waals surface area contributed by atoms with Crippen LogP contribution in [0.15, 0.2) is 65.9 Å². The molecule has 28 heavy (non-hydrogen) atoms. The first kappa shape index (κ1) is 17.8. The predicted molar refractivity (Wildman–Crippen MR) is 104 cm³/mol. The molecule has 4 rings (SSSR count). The van der Waals surface area contributed by atoms with Crippen LogP contribution in [0.5, 0.6) is 0 Å². The van der Waals surface area contributed by atoms with Gasteiger partial charge in [0.25, 0.3) is 5.91 Å². The molecule has 7 heteroatoms. The van der Waals surface area contributed by atoms with Crippen LogP contribution in [0.25, 0.3) is 10.9 Å². The summed E-state index contributed by atoms with van der Waals surface area (Å²) in [6.45, 7) is 0.186. The summed E-state index contributed by atoms with van der Waals surface area (Å²) in [6, 6.07) is 15.1. The second-order valence-electron chi connectivity index (χ2n) is 6.46. The van der Waals surface area contributed by atoms with Gasteiger partial charge in [-0.3, -0.25) is 14.6 Å². The lowest BCUT2D eigenvalue weighted by molar-refractivity contribution is -0.132. The van der Waals surface area contributed by atoms with E-state index in [4.69, 9.17) is 0 Å². The third kappa shape index (κ3) is 3.73. The quantitative estimate of drug-likeness (QED) is 0.757. The van der Waals surface area contributed by atoms with Crippen molar-refractivity contribution < 1.29 is 14.0 Å². The molecule has 0 atom stereocenters. The summed E-state index contributed by atoms with van der Waals surface area (Å²) in [4.78, 5) is 29.2. The number of rotatable bonds is 4. The molecule has 1 aliphatic rings. The number of anilines is 1. The number of aromatic nitrogens is 1. The Hall–Kier alpha value is -3.61. The number of carbonyl (C=O) groups is 2. The maximum absolute atomic E-state index is 13.1. The van der Waals surface area contributed by atoms with E-state index >= 15 is 0 Å². The summed E-state index contributed by atoms with van der Waals surface area (Å²) in [5.41, 5.74) is 2.29. The Labute approximate surface area is 160 Å².